The average Bonchev–Trinajstić information content (AvgIpc) is 2.29. The van der Waals surface area contributed by atoms with Gasteiger partial charge in [-0.1, -0.05) is 29.8 Å². The Hall–Kier alpha value is -0.860. The van der Waals surface area contributed by atoms with Crippen molar-refractivity contribution in [1.82, 2.24) is 4.90 Å². The lowest BCUT2D eigenvalue weighted by molar-refractivity contribution is 0.0599. The van der Waals surface area contributed by atoms with Gasteiger partial charge in [0, 0.05) is 13.1 Å². The SMILES string of the molecule is Cc1cccc(CN2CCCC(C(C)O)C2)c1. The molecule has 1 saturated heterocycles. The van der Waals surface area contributed by atoms with Gasteiger partial charge in [-0.25, -0.2) is 0 Å². The zero-order valence-corrected chi connectivity index (χ0v) is 10.9. The Morgan fingerprint density at radius 2 is 2.29 bits per heavy atom. The molecule has 1 heterocycles. The first kappa shape index (κ1) is 12.6. The molecule has 1 aliphatic heterocycles. The second-order valence-corrected chi connectivity index (χ2v) is 5.37. The summed E-state index contributed by atoms with van der Waals surface area (Å²) in [5.74, 6) is 0.452. The van der Waals surface area contributed by atoms with Crippen molar-refractivity contribution in [2.24, 2.45) is 5.92 Å². The molecule has 0 aliphatic carbocycles. The predicted molar refractivity (Wildman–Crippen MR) is 70.9 cm³/mol. The van der Waals surface area contributed by atoms with Crippen molar-refractivity contribution in [3.8, 4) is 0 Å². The first-order valence-corrected chi connectivity index (χ1v) is 6.61. The van der Waals surface area contributed by atoms with E-state index in [1.54, 1.807) is 0 Å². The van der Waals surface area contributed by atoms with Gasteiger partial charge in [0.05, 0.1) is 6.10 Å². The molecule has 1 fully saturated rings. The molecule has 0 amide bonds. The van der Waals surface area contributed by atoms with Crippen LogP contribution in [0.15, 0.2) is 24.3 Å². The molecule has 2 atom stereocenters. The summed E-state index contributed by atoms with van der Waals surface area (Å²) in [4.78, 5) is 2.47. The van der Waals surface area contributed by atoms with Crippen molar-refractivity contribution in [1.29, 1.82) is 0 Å². The Kier molecular flexibility index (Phi) is 4.19. The van der Waals surface area contributed by atoms with Crippen LogP contribution in [0.3, 0.4) is 0 Å². The van der Waals surface area contributed by atoms with Gasteiger partial charge in [-0.3, -0.25) is 4.90 Å². The minimum Gasteiger partial charge on any atom is -0.393 e. The predicted octanol–water partition coefficient (Wildman–Crippen LogP) is 2.59. The van der Waals surface area contributed by atoms with Gasteiger partial charge in [-0.2, -0.15) is 0 Å². The number of nitrogens with zero attached hydrogens (tertiary/aromatic N) is 1. The number of piperidine rings is 1. The third kappa shape index (κ3) is 3.55. The quantitative estimate of drug-likeness (QED) is 0.867. The van der Waals surface area contributed by atoms with Gasteiger partial charge in [-0.15, -0.1) is 0 Å². The van der Waals surface area contributed by atoms with Crippen molar-refractivity contribution < 1.29 is 5.11 Å². The summed E-state index contributed by atoms with van der Waals surface area (Å²) in [6.45, 7) is 7.27. The summed E-state index contributed by atoms with van der Waals surface area (Å²) in [6, 6.07) is 8.71. The number of aliphatic hydroxyl groups is 1. The monoisotopic (exact) mass is 233 g/mol. The zero-order chi connectivity index (χ0) is 12.3. The Morgan fingerprint density at radius 1 is 1.47 bits per heavy atom. The maximum absolute atomic E-state index is 9.68. The van der Waals surface area contributed by atoms with Gasteiger partial charge in [0.1, 0.15) is 0 Å². The van der Waals surface area contributed by atoms with Gasteiger partial charge >= 0.3 is 0 Å². The highest BCUT2D eigenvalue weighted by Gasteiger charge is 2.23. The molecule has 1 aromatic rings. The van der Waals surface area contributed by atoms with E-state index in [2.05, 4.69) is 36.1 Å². The molecule has 94 valence electrons. The van der Waals surface area contributed by atoms with Crippen LogP contribution in [0.25, 0.3) is 0 Å². The summed E-state index contributed by atoms with van der Waals surface area (Å²) >= 11 is 0. The fraction of sp³-hybridized carbons (Fsp3) is 0.600. The Morgan fingerprint density at radius 3 is 3.00 bits per heavy atom. The van der Waals surface area contributed by atoms with E-state index in [0.29, 0.717) is 5.92 Å². The first-order valence-electron chi connectivity index (χ1n) is 6.61. The van der Waals surface area contributed by atoms with Crippen LogP contribution in [-0.2, 0) is 6.54 Å². The maximum atomic E-state index is 9.68. The number of hydrogen-bond donors (Lipinski definition) is 1. The fourth-order valence-electron chi connectivity index (χ4n) is 2.70. The van der Waals surface area contributed by atoms with E-state index in [9.17, 15) is 5.11 Å². The van der Waals surface area contributed by atoms with E-state index in [-0.39, 0.29) is 6.10 Å². The number of benzene rings is 1. The lowest BCUT2D eigenvalue weighted by atomic mass is 9.93. The second kappa shape index (κ2) is 5.65. The minimum absolute atomic E-state index is 0.171. The summed E-state index contributed by atoms with van der Waals surface area (Å²) in [5.41, 5.74) is 2.71. The van der Waals surface area contributed by atoms with Gasteiger partial charge in [0.2, 0.25) is 0 Å². The molecule has 1 N–H and O–H groups in total. The molecule has 0 radical (unpaired) electrons. The summed E-state index contributed by atoms with van der Waals surface area (Å²) < 4.78 is 0. The smallest absolute Gasteiger partial charge is 0.0552 e. The van der Waals surface area contributed by atoms with Crippen molar-refractivity contribution in [2.45, 2.75) is 39.3 Å². The molecule has 17 heavy (non-hydrogen) atoms. The molecule has 2 rings (SSSR count). The average molecular weight is 233 g/mol. The van der Waals surface area contributed by atoms with E-state index < -0.39 is 0 Å². The number of rotatable bonds is 3. The lowest BCUT2D eigenvalue weighted by Crippen LogP contribution is -2.39. The molecule has 2 unspecified atom stereocenters. The van der Waals surface area contributed by atoms with Crippen LogP contribution in [0, 0.1) is 12.8 Å². The minimum atomic E-state index is -0.171. The molecule has 2 heteroatoms. The lowest BCUT2D eigenvalue weighted by Gasteiger charge is -2.34. The van der Waals surface area contributed by atoms with Crippen molar-refractivity contribution in [3.05, 3.63) is 35.4 Å². The van der Waals surface area contributed by atoms with E-state index in [1.807, 2.05) is 6.92 Å². The number of hydrogen-bond acceptors (Lipinski definition) is 2. The van der Waals surface area contributed by atoms with Crippen LogP contribution in [0.5, 0.6) is 0 Å². The molecule has 1 aromatic carbocycles. The topological polar surface area (TPSA) is 23.5 Å². The van der Waals surface area contributed by atoms with Crippen LogP contribution in [0.4, 0.5) is 0 Å². The Bertz CT molecular complexity index is 362. The van der Waals surface area contributed by atoms with E-state index in [1.165, 1.54) is 24.0 Å². The van der Waals surface area contributed by atoms with E-state index >= 15 is 0 Å². The van der Waals surface area contributed by atoms with Crippen molar-refractivity contribution in [2.75, 3.05) is 13.1 Å². The van der Waals surface area contributed by atoms with E-state index in [4.69, 9.17) is 0 Å². The molecule has 0 spiro atoms. The third-order valence-electron chi connectivity index (χ3n) is 3.71. The molecule has 2 nitrogen and oxygen atoms in total. The van der Waals surface area contributed by atoms with Crippen LogP contribution in [0.2, 0.25) is 0 Å². The van der Waals surface area contributed by atoms with Crippen LogP contribution in [0.1, 0.15) is 30.9 Å². The van der Waals surface area contributed by atoms with Crippen LogP contribution < -0.4 is 0 Å². The third-order valence-corrected chi connectivity index (χ3v) is 3.71. The highest BCUT2D eigenvalue weighted by atomic mass is 16.3. The largest absolute Gasteiger partial charge is 0.393 e. The van der Waals surface area contributed by atoms with Gasteiger partial charge < -0.3 is 5.11 Å². The zero-order valence-electron chi connectivity index (χ0n) is 10.9. The number of aryl methyl sites for hydroxylation is 1. The van der Waals surface area contributed by atoms with Gasteiger partial charge in [0.25, 0.3) is 0 Å². The standard InChI is InChI=1S/C15H23NO/c1-12-5-3-6-14(9-12)10-16-8-4-7-15(11-16)13(2)17/h3,5-6,9,13,15,17H,4,7-8,10-11H2,1-2H3. The highest BCUT2D eigenvalue weighted by Crippen LogP contribution is 2.21. The molecule has 1 aliphatic rings. The Balaban J connectivity index is 1.94. The van der Waals surface area contributed by atoms with Gasteiger partial charge in [-0.05, 0) is 44.7 Å². The normalized spacial score (nSPS) is 23.6. The number of likely N-dealkylation sites (tertiary alicyclic amines) is 1. The van der Waals surface area contributed by atoms with Crippen molar-refractivity contribution >= 4 is 0 Å². The maximum Gasteiger partial charge on any atom is 0.0552 e. The fourth-order valence-corrected chi connectivity index (χ4v) is 2.70. The molecular formula is C15H23NO. The highest BCUT2D eigenvalue weighted by molar-refractivity contribution is 5.22. The second-order valence-electron chi connectivity index (χ2n) is 5.37. The van der Waals surface area contributed by atoms with Crippen LogP contribution in [-0.4, -0.2) is 29.2 Å². The van der Waals surface area contributed by atoms with Gasteiger partial charge in [0.15, 0.2) is 0 Å². The van der Waals surface area contributed by atoms with Crippen molar-refractivity contribution in [3.63, 3.8) is 0 Å². The summed E-state index contributed by atoms with van der Waals surface area (Å²) in [5, 5.41) is 9.68. The summed E-state index contributed by atoms with van der Waals surface area (Å²) in [6.07, 6.45) is 2.21. The van der Waals surface area contributed by atoms with Crippen LogP contribution >= 0.6 is 0 Å². The molecule has 0 aromatic heterocycles. The Labute approximate surface area is 104 Å². The first-order chi connectivity index (χ1) is 8.15. The molecule has 0 saturated carbocycles. The number of aliphatic hydroxyl groups excluding tert-OH is 1. The molecular weight excluding hydrogens is 210 g/mol. The summed E-state index contributed by atoms with van der Waals surface area (Å²) in [7, 11) is 0. The van der Waals surface area contributed by atoms with E-state index in [0.717, 1.165) is 19.6 Å². The molecule has 0 bridgehead atoms.